The minimum Gasteiger partial charge on any atom is -0.381 e. The Labute approximate surface area is 128 Å². The molecule has 0 saturated heterocycles. The van der Waals surface area contributed by atoms with Crippen LogP contribution in [0.3, 0.4) is 0 Å². The molecule has 3 aromatic rings. The van der Waals surface area contributed by atoms with Gasteiger partial charge in [0.1, 0.15) is 12.1 Å². The zero-order valence-electron chi connectivity index (χ0n) is 10.9. The second kappa shape index (κ2) is 6.01. The van der Waals surface area contributed by atoms with Crippen molar-refractivity contribution in [2.45, 2.75) is 6.54 Å². The van der Waals surface area contributed by atoms with E-state index in [2.05, 4.69) is 36.8 Å². The van der Waals surface area contributed by atoms with Crippen molar-refractivity contribution in [1.82, 2.24) is 20.2 Å². The summed E-state index contributed by atoms with van der Waals surface area (Å²) in [6, 6.07) is 12.5. The molecule has 1 aromatic heterocycles. The first-order valence-corrected chi connectivity index (χ1v) is 7.03. The smallest absolute Gasteiger partial charge is 0.143 e. The Balaban J connectivity index is 1.76. The molecule has 0 spiro atoms. The van der Waals surface area contributed by atoms with Crippen LogP contribution in [0.5, 0.6) is 0 Å². The lowest BCUT2D eigenvalue weighted by molar-refractivity contribution is 0.612. The van der Waals surface area contributed by atoms with Crippen LogP contribution in [0.15, 0.2) is 53.3 Å². The fraction of sp³-hybridized carbons (Fsp3) is 0.0714. The van der Waals surface area contributed by atoms with Crippen LogP contribution in [-0.2, 0) is 6.54 Å². The topological polar surface area (TPSA) is 55.6 Å². The first-order valence-electron chi connectivity index (χ1n) is 6.23. The van der Waals surface area contributed by atoms with Crippen LogP contribution in [0.1, 0.15) is 5.56 Å². The summed E-state index contributed by atoms with van der Waals surface area (Å²) in [6.45, 7) is 0.393. The van der Waals surface area contributed by atoms with E-state index in [1.165, 1.54) is 12.4 Å². The Morgan fingerprint density at radius 1 is 1.19 bits per heavy atom. The predicted molar refractivity (Wildman–Crippen MR) is 80.6 cm³/mol. The van der Waals surface area contributed by atoms with Crippen LogP contribution in [0.2, 0.25) is 0 Å². The van der Waals surface area contributed by atoms with Crippen LogP contribution in [0, 0.1) is 5.82 Å². The van der Waals surface area contributed by atoms with Gasteiger partial charge in [-0.25, -0.2) is 9.07 Å². The third kappa shape index (κ3) is 3.25. The van der Waals surface area contributed by atoms with Gasteiger partial charge in [0.2, 0.25) is 0 Å². The molecule has 1 heterocycles. The quantitative estimate of drug-likeness (QED) is 0.787. The average molecular weight is 348 g/mol. The molecule has 7 heteroatoms. The number of hydrogen-bond donors (Lipinski definition) is 1. The molecule has 0 aliphatic carbocycles. The normalized spacial score (nSPS) is 10.6. The van der Waals surface area contributed by atoms with Gasteiger partial charge in [-0.2, -0.15) is 0 Å². The molecule has 5 nitrogen and oxygen atoms in total. The fourth-order valence-corrected chi connectivity index (χ4v) is 2.32. The minimum atomic E-state index is -0.234. The highest BCUT2D eigenvalue weighted by Crippen LogP contribution is 2.18. The molecule has 0 amide bonds. The number of nitrogens with zero attached hydrogens (tertiary/aromatic N) is 4. The standard InChI is InChI=1S/C14H11BrFN5/c15-11-4-5-14(16)10(6-11)8-17-12-2-1-3-13(7-12)21-9-18-19-20-21/h1-7,9,17H,8H2. The maximum atomic E-state index is 13.7. The molecule has 0 atom stereocenters. The molecule has 0 saturated carbocycles. The average Bonchev–Trinajstić information content (AvgIpc) is 3.03. The minimum absolute atomic E-state index is 0.234. The van der Waals surface area contributed by atoms with E-state index >= 15 is 0 Å². The van der Waals surface area contributed by atoms with Gasteiger partial charge in [0.05, 0.1) is 5.69 Å². The number of hydrogen-bond acceptors (Lipinski definition) is 4. The number of benzene rings is 2. The van der Waals surface area contributed by atoms with Crippen molar-refractivity contribution in [3.63, 3.8) is 0 Å². The van der Waals surface area contributed by atoms with Crippen LogP contribution >= 0.6 is 15.9 Å². The summed E-state index contributed by atoms with van der Waals surface area (Å²) >= 11 is 3.34. The molecule has 106 valence electrons. The first-order chi connectivity index (χ1) is 10.2. The van der Waals surface area contributed by atoms with Gasteiger partial charge in [-0.05, 0) is 46.8 Å². The Morgan fingerprint density at radius 3 is 2.90 bits per heavy atom. The van der Waals surface area contributed by atoms with E-state index < -0.39 is 0 Å². The fourth-order valence-electron chi connectivity index (χ4n) is 1.91. The highest BCUT2D eigenvalue weighted by molar-refractivity contribution is 9.10. The zero-order chi connectivity index (χ0) is 14.7. The van der Waals surface area contributed by atoms with Crippen LogP contribution in [-0.4, -0.2) is 20.2 Å². The second-order valence-electron chi connectivity index (χ2n) is 4.39. The zero-order valence-corrected chi connectivity index (χ0v) is 12.5. The molecule has 0 fully saturated rings. The Bertz CT molecular complexity index is 745. The maximum absolute atomic E-state index is 13.7. The summed E-state index contributed by atoms with van der Waals surface area (Å²) in [5.41, 5.74) is 2.29. The van der Waals surface area contributed by atoms with Gasteiger partial charge in [-0.1, -0.05) is 22.0 Å². The van der Waals surface area contributed by atoms with Gasteiger partial charge in [0.15, 0.2) is 0 Å². The van der Waals surface area contributed by atoms with Gasteiger partial charge in [-0.3, -0.25) is 0 Å². The first kappa shape index (κ1) is 13.7. The summed E-state index contributed by atoms with van der Waals surface area (Å²) in [7, 11) is 0. The molecular weight excluding hydrogens is 337 g/mol. The molecule has 3 rings (SSSR count). The number of halogens is 2. The van der Waals surface area contributed by atoms with E-state index in [1.807, 2.05) is 24.3 Å². The van der Waals surface area contributed by atoms with E-state index in [0.717, 1.165) is 15.8 Å². The predicted octanol–water partition coefficient (Wildman–Crippen LogP) is 3.18. The van der Waals surface area contributed by atoms with Crippen molar-refractivity contribution in [3.8, 4) is 5.69 Å². The molecular formula is C14H11BrFN5. The van der Waals surface area contributed by atoms with E-state index in [-0.39, 0.29) is 5.82 Å². The third-order valence-corrected chi connectivity index (χ3v) is 3.44. The molecule has 0 radical (unpaired) electrons. The van der Waals surface area contributed by atoms with Gasteiger partial charge in [0.25, 0.3) is 0 Å². The summed E-state index contributed by atoms with van der Waals surface area (Å²) in [6.07, 6.45) is 1.52. The summed E-state index contributed by atoms with van der Waals surface area (Å²) in [5, 5.41) is 14.2. The molecule has 0 unspecified atom stereocenters. The van der Waals surface area contributed by atoms with Crippen LogP contribution in [0.25, 0.3) is 5.69 Å². The number of nitrogens with one attached hydrogen (secondary N) is 1. The number of rotatable bonds is 4. The van der Waals surface area contributed by atoms with E-state index in [1.54, 1.807) is 16.8 Å². The Morgan fingerprint density at radius 2 is 2.10 bits per heavy atom. The molecule has 0 aliphatic heterocycles. The number of anilines is 1. The van der Waals surface area contributed by atoms with Crippen molar-refractivity contribution < 1.29 is 4.39 Å². The monoisotopic (exact) mass is 347 g/mol. The molecule has 0 aliphatic rings. The van der Waals surface area contributed by atoms with Gasteiger partial charge < -0.3 is 5.32 Å². The number of tetrazole rings is 1. The third-order valence-electron chi connectivity index (χ3n) is 2.95. The Kier molecular flexibility index (Phi) is 3.92. The van der Waals surface area contributed by atoms with Crippen molar-refractivity contribution in [2.24, 2.45) is 0 Å². The van der Waals surface area contributed by atoms with Crippen LogP contribution < -0.4 is 5.32 Å². The van der Waals surface area contributed by atoms with Crippen molar-refractivity contribution in [1.29, 1.82) is 0 Å². The summed E-state index contributed by atoms with van der Waals surface area (Å²) in [4.78, 5) is 0. The van der Waals surface area contributed by atoms with E-state index in [4.69, 9.17) is 0 Å². The highest BCUT2D eigenvalue weighted by atomic mass is 79.9. The van der Waals surface area contributed by atoms with Crippen molar-refractivity contribution in [2.75, 3.05) is 5.32 Å². The van der Waals surface area contributed by atoms with Crippen LogP contribution in [0.4, 0.5) is 10.1 Å². The maximum Gasteiger partial charge on any atom is 0.143 e. The molecule has 2 aromatic carbocycles. The SMILES string of the molecule is Fc1ccc(Br)cc1CNc1cccc(-n2cnnn2)c1. The van der Waals surface area contributed by atoms with Gasteiger partial charge in [-0.15, -0.1) is 5.10 Å². The molecule has 21 heavy (non-hydrogen) atoms. The van der Waals surface area contributed by atoms with E-state index in [0.29, 0.717) is 12.1 Å². The molecule has 1 N–H and O–H groups in total. The van der Waals surface area contributed by atoms with Gasteiger partial charge in [0, 0.05) is 22.3 Å². The summed E-state index contributed by atoms with van der Waals surface area (Å²) in [5.74, 6) is -0.234. The molecule has 0 bridgehead atoms. The number of aromatic nitrogens is 4. The van der Waals surface area contributed by atoms with E-state index in [9.17, 15) is 4.39 Å². The van der Waals surface area contributed by atoms with Crippen molar-refractivity contribution >= 4 is 21.6 Å². The van der Waals surface area contributed by atoms with Crippen molar-refractivity contribution in [3.05, 3.63) is 64.6 Å². The largest absolute Gasteiger partial charge is 0.381 e. The lowest BCUT2D eigenvalue weighted by Crippen LogP contribution is -2.03. The lowest BCUT2D eigenvalue weighted by Gasteiger charge is -2.09. The lowest BCUT2D eigenvalue weighted by atomic mass is 10.2. The highest BCUT2D eigenvalue weighted by Gasteiger charge is 2.04. The van der Waals surface area contributed by atoms with Gasteiger partial charge >= 0.3 is 0 Å². The second-order valence-corrected chi connectivity index (χ2v) is 5.31. The summed E-state index contributed by atoms with van der Waals surface area (Å²) < 4.78 is 16.1. The Hall–Kier alpha value is -2.28.